The summed E-state index contributed by atoms with van der Waals surface area (Å²) in [5.41, 5.74) is 0.398. The molecule has 0 radical (unpaired) electrons. The number of carboxylic acids is 1. The molecule has 5 nitrogen and oxygen atoms in total. The minimum absolute atomic E-state index is 0.00926. The second-order valence-corrected chi connectivity index (χ2v) is 2.90. The third-order valence-corrected chi connectivity index (χ3v) is 1.93. The molecule has 0 aliphatic rings. The van der Waals surface area contributed by atoms with Crippen LogP contribution in [0.2, 0.25) is 0 Å². The molecule has 0 unspecified atom stereocenters. The Kier molecular flexibility index (Phi) is 1.60. The molecule has 0 bridgehead atoms. The molecule has 0 spiro atoms. The van der Waals surface area contributed by atoms with Gasteiger partial charge >= 0.3 is 5.97 Å². The molecule has 14 heavy (non-hydrogen) atoms. The Morgan fingerprint density at radius 3 is 2.71 bits per heavy atom. The summed E-state index contributed by atoms with van der Waals surface area (Å²) in [7, 11) is 0. The SMILES string of the molecule is O=C(O)c1cc2cc(O)c([O-])cc2[nH]1. The molecule has 0 fully saturated rings. The van der Waals surface area contributed by atoms with Crippen LogP contribution >= 0.6 is 0 Å². The number of H-pyrrole nitrogens is 1. The van der Waals surface area contributed by atoms with Gasteiger partial charge in [-0.15, -0.1) is 0 Å². The zero-order valence-electron chi connectivity index (χ0n) is 6.94. The van der Waals surface area contributed by atoms with E-state index in [0.29, 0.717) is 10.9 Å². The highest BCUT2D eigenvalue weighted by Crippen LogP contribution is 2.28. The number of rotatable bonds is 1. The second kappa shape index (κ2) is 2.66. The number of aromatic hydroxyl groups is 1. The lowest BCUT2D eigenvalue weighted by Gasteiger charge is -2.06. The Balaban J connectivity index is 2.72. The number of phenols is 1. The lowest BCUT2D eigenvalue weighted by atomic mass is 10.2. The van der Waals surface area contributed by atoms with Crippen molar-refractivity contribution in [2.75, 3.05) is 0 Å². The van der Waals surface area contributed by atoms with Crippen molar-refractivity contribution in [3.8, 4) is 11.5 Å². The molecule has 2 aromatic rings. The maximum atomic E-state index is 11.0. The van der Waals surface area contributed by atoms with Crippen molar-refractivity contribution in [2.24, 2.45) is 0 Å². The summed E-state index contributed by atoms with van der Waals surface area (Å²) in [6.45, 7) is 0. The molecule has 2 rings (SSSR count). The lowest BCUT2D eigenvalue weighted by Crippen LogP contribution is -1.94. The molecule has 0 saturated heterocycles. The van der Waals surface area contributed by atoms with Gasteiger partial charge in [0.05, 0.1) is 0 Å². The molecule has 0 saturated carbocycles. The molecular weight excluding hydrogens is 186 g/mol. The molecule has 1 aromatic heterocycles. The third-order valence-electron chi connectivity index (χ3n) is 1.93. The Hall–Kier alpha value is -2.17. The van der Waals surface area contributed by atoms with Gasteiger partial charge in [0, 0.05) is 10.9 Å². The number of aromatic carboxylic acids is 1. The number of nitrogens with one attached hydrogen (secondary N) is 1. The van der Waals surface area contributed by atoms with E-state index in [9.17, 15) is 9.90 Å². The first-order valence-corrected chi connectivity index (χ1v) is 3.84. The van der Waals surface area contributed by atoms with Gasteiger partial charge in [-0.05, 0) is 18.2 Å². The smallest absolute Gasteiger partial charge is 0.352 e. The summed E-state index contributed by atoms with van der Waals surface area (Å²) in [5.74, 6) is -2.02. The van der Waals surface area contributed by atoms with Gasteiger partial charge in [-0.2, -0.15) is 0 Å². The number of aromatic nitrogens is 1. The Labute approximate surface area is 78.2 Å². The zero-order chi connectivity index (χ0) is 10.3. The van der Waals surface area contributed by atoms with Crippen molar-refractivity contribution in [3.63, 3.8) is 0 Å². The van der Waals surface area contributed by atoms with Crippen molar-refractivity contribution in [3.05, 3.63) is 23.9 Å². The van der Waals surface area contributed by atoms with Gasteiger partial charge in [0.1, 0.15) is 11.4 Å². The number of fused-ring (bicyclic) bond motifs is 1. The van der Waals surface area contributed by atoms with Crippen LogP contribution in [0.4, 0.5) is 0 Å². The van der Waals surface area contributed by atoms with E-state index in [0.717, 1.165) is 6.07 Å². The summed E-state index contributed by atoms with van der Waals surface area (Å²) in [4.78, 5) is 13.1. The van der Waals surface area contributed by atoms with Crippen molar-refractivity contribution < 1.29 is 20.1 Å². The van der Waals surface area contributed by atoms with Crippen molar-refractivity contribution >= 4 is 16.9 Å². The predicted octanol–water partition coefficient (Wildman–Crippen LogP) is 0.645. The van der Waals surface area contributed by atoms with Crippen LogP contribution in [0, 0.1) is 0 Å². The van der Waals surface area contributed by atoms with Crippen LogP contribution in [0.15, 0.2) is 18.2 Å². The highest BCUT2D eigenvalue weighted by Gasteiger charge is 2.07. The summed E-state index contributed by atoms with van der Waals surface area (Å²) in [6.07, 6.45) is 0. The van der Waals surface area contributed by atoms with E-state index in [4.69, 9.17) is 10.2 Å². The maximum Gasteiger partial charge on any atom is 0.352 e. The van der Waals surface area contributed by atoms with E-state index in [1.807, 2.05) is 0 Å². The van der Waals surface area contributed by atoms with Gasteiger partial charge in [0.15, 0.2) is 0 Å². The number of carbonyl (C=O) groups is 1. The first-order chi connectivity index (χ1) is 6.58. The minimum Gasteiger partial charge on any atom is -0.870 e. The molecule has 1 aromatic carbocycles. The highest BCUT2D eigenvalue weighted by molar-refractivity contribution is 5.94. The van der Waals surface area contributed by atoms with Crippen LogP contribution in [-0.4, -0.2) is 21.2 Å². The maximum absolute atomic E-state index is 11.0. The first kappa shape index (κ1) is 8.43. The van der Waals surface area contributed by atoms with Crippen molar-refractivity contribution in [1.29, 1.82) is 0 Å². The molecule has 72 valence electrons. The van der Waals surface area contributed by atoms with Gasteiger partial charge < -0.3 is 20.3 Å². The fraction of sp³-hybridized carbons (Fsp3) is 0. The minimum atomic E-state index is -1.10. The summed E-state index contributed by atoms with van der Waals surface area (Å²) < 4.78 is 0. The number of hydrogen-bond acceptors (Lipinski definition) is 3. The van der Waals surface area contributed by atoms with E-state index in [1.54, 1.807) is 0 Å². The standard InChI is InChI=1S/C9H7NO4/c11-7-2-4-1-6(9(13)14)10-5(4)3-8(7)12/h1-3,10-12H,(H,13,14)/p-1. The Morgan fingerprint density at radius 1 is 1.36 bits per heavy atom. The normalized spacial score (nSPS) is 10.6. The van der Waals surface area contributed by atoms with Crippen LogP contribution in [0.5, 0.6) is 11.5 Å². The number of phenolic OH excluding ortho intramolecular Hbond substituents is 1. The molecule has 5 heteroatoms. The Bertz CT molecular complexity index is 476. The van der Waals surface area contributed by atoms with Crippen LogP contribution in [0.3, 0.4) is 0 Å². The van der Waals surface area contributed by atoms with E-state index in [1.165, 1.54) is 12.1 Å². The van der Waals surface area contributed by atoms with Crippen molar-refractivity contribution in [2.45, 2.75) is 0 Å². The van der Waals surface area contributed by atoms with Gasteiger partial charge in [-0.1, -0.05) is 5.75 Å². The first-order valence-electron chi connectivity index (χ1n) is 3.84. The predicted molar refractivity (Wildman–Crippen MR) is 46.4 cm³/mol. The van der Waals surface area contributed by atoms with E-state index in [-0.39, 0.29) is 11.4 Å². The van der Waals surface area contributed by atoms with E-state index in [2.05, 4.69) is 4.98 Å². The largest absolute Gasteiger partial charge is 0.870 e. The van der Waals surface area contributed by atoms with Crippen LogP contribution in [0.25, 0.3) is 10.9 Å². The van der Waals surface area contributed by atoms with Crippen molar-refractivity contribution in [1.82, 2.24) is 4.98 Å². The quantitative estimate of drug-likeness (QED) is 0.617. The van der Waals surface area contributed by atoms with E-state index < -0.39 is 11.7 Å². The monoisotopic (exact) mass is 192 g/mol. The number of carboxylic acid groups (broad SMARTS) is 1. The topological polar surface area (TPSA) is 96.4 Å². The Morgan fingerprint density at radius 2 is 2.07 bits per heavy atom. The summed E-state index contributed by atoms with van der Waals surface area (Å²) in [5, 5.41) is 29.2. The van der Waals surface area contributed by atoms with E-state index >= 15 is 0 Å². The zero-order valence-corrected chi connectivity index (χ0v) is 6.94. The third kappa shape index (κ3) is 1.15. The summed E-state index contributed by atoms with van der Waals surface area (Å²) in [6, 6.07) is 3.76. The van der Waals surface area contributed by atoms with Crippen LogP contribution in [0.1, 0.15) is 10.5 Å². The average molecular weight is 192 g/mol. The fourth-order valence-electron chi connectivity index (χ4n) is 1.26. The molecule has 1 heterocycles. The van der Waals surface area contributed by atoms with Gasteiger partial charge in [0.25, 0.3) is 0 Å². The molecule has 0 aliphatic carbocycles. The van der Waals surface area contributed by atoms with Crippen LogP contribution < -0.4 is 5.11 Å². The summed E-state index contributed by atoms with van der Waals surface area (Å²) >= 11 is 0. The van der Waals surface area contributed by atoms with Gasteiger partial charge in [-0.3, -0.25) is 0 Å². The number of aromatic amines is 1. The average Bonchev–Trinajstić information content (AvgIpc) is 2.48. The lowest BCUT2D eigenvalue weighted by molar-refractivity contribution is -0.270. The molecule has 0 atom stereocenters. The highest BCUT2D eigenvalue weighted by atomic mass is 16.4. The second-order valence-electron chi connectivity index (χ2n) is 2.90. The van der Waals surface area contributed by atoms with Gasteiger partial charge in [0.2, 0.25) is 0 Å². The van der Waals surface area contributed by atoms with Crippen LogP contribution in [-0.2, 0) is 0 Å². The fourth-order valence-corrected chi connectivity index (χ4v) is 1.26. The molecular formula is C9H6NO4-. The molecule has 3 N–H and O–H groups in total. The molecule has 0 amide bonds. The number of hydrogen-bond donors (Lipinski definition) is 3. The molecule has 0 aliphatic heterocycles. The number of benzene rings is 1. The van der Waals surface area contributed by atoms with Gasteiger partial charge in [-0.25, -0.2) is 4.79 Å².